The van der Waals surface area contributed by atoms with Crippen molar-refractivity contribution in [3.63, 3.8) is 0 Å². The fraction of sp³-hybridized carbons (Fsp3) is 0.388. The van der Waals surface area contributed by atoms with Crippen LogP contribution in [0.2, 0.25) is 0 Å². The van der Waals surface area contributed by atoms with Crippen molar-refractivity contribution in [3.05, 3.63) is 106 Å². The number of nitrogens with zero attached hydrogens (tertiary/aromatic N) is 10. The van der Waals surface area contributed by atoms with Crippen LogP contribution in [0.3, 0.4) is 0 Å². The number of alkyl halides is 2. The standard InChI is InChI=1S/C49H46F4N12O5S/c1-59-38-18-31(36(51)17-32(38)43(58-59)64-13-9-39(66)56-47(64)70)34-8-12-60(25-49(34,52)53)20-40(67)63-23-48(24-63)21-62(22-48)29-6-4-27(5-7-29)28-15-30-33(35(50)16-28)19-65(45(30)69)42(44(68)57-46-54-10-14-71-46)41-37-3-2-11-61(37)26-55-41/h4-7,10,14-18,26,34,42H,2-3,8-9,11-13,19-25H2,1H3,(H,54,57,68)(H,56,66,70). The number of fused-ring (bicyclic) bond motifs is 3. The summed E-state index contributed by atoms with van der Waals surface area (Å²) in [5.41, 5.74) is 4.01. The lowest BCUT2D eigenvalue weighted by Crippen LogP contribution is -2.73. The monoisotopic (exact) mass is 990 g/mol. The van der Waals surface area contributed by atoms with Gasteiger partial charge in [0.25, 0.3) is 17.7 Å². The lowest BCUT2D eigenvalue weighted by molar-refractivity contribution is -0.149. The van der Waals surface area contributed by atoms with Crippen LogP contribution in [0.25, 0.3) is 22.0 Å². The Morgan fingerprint density at radius 1 is 0.930 bits per heavy atom. The molecule has 71 heavy (non-hydrogen) atoms. The second-order valence-corrected chi connectivity index (χ2v) is 20.5. The van der Waals surface area contributed by atoms with E-state index in [0.717, 1.165) is 30.4 Å². The Morgan fingerprint density at radius 2 is 1.73 bits per heavy atom. The molecule has 3 aromatic heterocycles. The topological polar surface area (TPSA) is 174 Å². The van der Waals surface area contributed by atoms with Crippen LogP contribution in [-0.4, -0.2) is 127 Å². The number of hydrogen-bond donors (Lipinski definition) is 2. The number of rotatable bonds is 10. The van der Waals surface area contributed by atoms with E-state index in [2.05, 4.69) is 30.6 Å². The lowest BCUT2D eigenvalue weighted by atomic mass is 9.72. The van der Waals surface area contributed by atoms with Gasteiger partial charge in [0.15, 0.2) is 17.0 Å². The number of carbonyl (C=O) groups excluding carboxylic acids is 5. The summed E-state index contributed by atoms with van der Waals surface area (Å²) < 4.78 is 66.9. The molecule has 0 aliphatic carbocycles. The predicted molar refractivity (Wildman–Crippen MR) is 252 cm³/mol. The molecule has 4 fully saturated rings. The number of imide groups is 1. The molecule has 0 bridgehead atoms. The average molecular weight is 991 g/mol. The number of nitrogens with one attached hydrogen (secondary N) is 2. The summed E-state index contributed by atoms with van der Waals surface area (Å²) in [6.07, 6.45) is 4.82. The maximum Gasteiger partial charge on any atom is 0.329 e. The van der Waals surface area contributed by atoms with E-state index in [0.29, 0.717) is 60.1 Å². The Labute approximate surface area is 407 Å². The first-order valence-electron chi connectivity index (χ1n) is 23.5. The first-order valence-corrected chi connectivity index (χ1v) is 24.4. The van der Waals surface area contributed by atoms with E-state index in [4.69, 9.17) is 0 Å². The Bertz CT molecular complexity index is 3200. The summed E-state index contributed by atoms with van der Waals surface area (Å²) in [6, 6.07) is 11.4. The highest BCUT2D eigenvalue weighted by atomic mass is 32.1. The van der Waals surface area contributed by atoms with Gasteiger partial charge in [-0.2, -0.15) is 5.10 Å². The van der Waals surface area contributed by atoms with Gasteiger partial charge >= 0.3 is 6.03 Å². The van der Waals surface area contributed by atoms with Gasteiger partial charge in [0.05, 0.1) is 43.1 Å². The average Bonchev–Trinajstić information content (AvgIpc) is 4.16. The number of piperidine rings is 1. The molecule has 6 aromatic rings. The number of amides is 6. The zero-order valence-corrected chi connectivity index (χ0v) is 39.2. The first-order chi connectivity index (χ1) is 34.1. The third kappa shape index (κ3) is 7.69. The van der Waals surface area contributed by atoms with Gasteiger partial charge in [0.1, 0.15) is 11.6 Å². The molecule has 6 aliphatic rings. The van der Waals surface area contributed by atoms with Crippen LogP contribution in [0.1, 0.15) is 64.1 Å². The van der Waals surface area contributed by atoms with Crippen molar-refractivity contribution in [2.24, 2.45) is 12.5 Å². The summed E-state index contributed by atoms with van der Waals surface area (Å²) in [4.78, 5) is 82.3. The van der Waals surface area contributed by atoms with Gasteiger partial charge in [-0.1, -0.05) is 12.1 Å². The summed E-state index contributed by atoms with van der Waals surface area (Å²) in [5.74, 6) is -7.66. The Kier molecular flexibility index (Phi) is 10.6. The molecular formula is C49H46F4N12O5S. The first kappa shape index (κ1) is 45.0. The van der Waals surface area contributed by atoms with Crippen molar-refractivity contribution in [1.82, 2.24) is 44.3 Å². The van der Waals surface area contributed by atoms with E-state index in [1.165, 1.54) is 42.9 Å². The largest absolute Gasteiger partial charge is 0.370 e. The van der Waals surface area contributed by atoms with Crippen LogP contribution < -0.4 is 20.4 Å². The molecule has 22 heteroatoms. The maximum atomic E-state index is 16.0. The van der Waals surface area contributed by atoms with Gasteiger partial charge < -0.3 is 19.3 Å². The molecule has 4 saturated heterocycles. The zero-order valence-electron chi connectivity index (χ0n) is 38.3. The third-order valence-corrected chi connectivity index (χ3v) is 15.7. The zero-order chi connectivity index (χ0) is 49.1. The maximum absolute atomic E-state index is 16.0. The molecular weight excluding hydrogens is 945 g/mol. The van der Waals surface area contributed by atoms with E-state index in [-0.39, 0.29) is 78.2 Å². The van der Waals surface area contributed by atoms with Gasteiger partial charge in [0.2, 0.25) is 11.8 Å². The number of aryl methyl sites for hydroxylation is 2. The third-order valence-electron chi connectivity index (χ3n) is 15.0. The van der Waals surface area contributed by atoms with Gasteiger partial charge in [-0.3, -0.25) is 44.3 Å². The van der Waals surface area contributed by atoms with Crippen molar-refractivity contribution in [2.75, 3.05) is 67.5 Å². The molecule has 0 saturated carbocycles. The fourth-order valence-electron chi connectivity index (χ4n) is 11.4. The summed E-state index contributed by atoms with van der Waals surface area (Å²) in [5, 5.41) is 11.8. The van der Waals surface area contributed by atoms with Crippen LogP contribution in [-0.2, 0) is 40.9 Å². The number of imidazole rings is 1. The van der Waals surface area contributed by atoms with Crippen LogP contribution in [0.4, 0.5) is 39.0 Å². The van der Waals surface area contributed by atoms with Crippen LogP contribution >= 0.6 is 11.3 Å². The van der Waals surface area contributed by atoms with E-state index < -0.39 is 59.8 Å². The van der Waals surface area contributed by atoms with Crippen molar-refractivity contribution in [3.8, 4) is 11.1 Å². The van der Waals surface area contributed by atoms with Gasteiger partial charge in [0, 0.05) is 97.6 Å². The second-order valence-electron chi connectivity index (χ2n) is 19.6. The van der Waals surface area contributed by atoms with Gasteiger partial charge in [-0.15, -0.1) is 11.3 Å². The molecule has 6 aliphatic heterocycles. The molecule has 9 heterocycles. The van der Waals surface area contributed by atoms with Crippen molar-refractivity contribution in [1.29, 1.82) is 0 Å². The highest BCUT2D eigenvalue weighted by Crippen LogP contribution is 2.46. The molecule has 2 unspecified atom stereocenters. The van der Waals surface area contributed by atoms with Crippen molar-refractivity contribution >= 4 is 68.5 Å². The Balaban J connectivity index is 0.655. The minimum atomic E-state index is -3.35. The summed E-state index contributed by atoms with van der Waals surface area (Å²) in [6.45, 7) is 2.36. The Hall–Kier alpha value is -7.20. The highest BCUT2D eigenvalue weighted by Gasteiger charge is 2.54. The van der Waals surface area contributed by atoms with Crippen LogP contribution in [0.5, 0.6) is 0 Å². The molecule has 2 atom stereocenters. The smallest absolute Gasteiger partial charge is 0.329 e. The molecule has 12 rings (SSSR count). The molecule has 6 amide bonds. The fourth-order valence-corrected chi connectivity index (χ4v) is 12.0. The quantitative estimate of drug-likeness (QED) is 0.163. The lowest BCUT2D eigenvalue weighted by Gasteiger charge is -2.61. The number of hydrogen-bond acceptors (Lipinski definition) is 11. The summed E-state index contributed by atoms with van der Waals surface area (Å²) in [7, 11) is 1.57. The number of urea groups is 1. The number of halogens is 4. The number of benzene rings is 3. The number of carbonyl (C=O) groups is 5. The molecule has 1 spiro atoms. The molecule has 3 aromatic carbocycles. The van der Waals surface area contributed by atoms with E-state index in [1.54, 1.807) is 35.9 Å². The van der Waals surface area contributed by atoms with Crippen molar-refractivity contribution < 1.29 is 41.5 Å². The number of anilines is 3. The normalized spacial score (nSPS) is 20.8. The number of thiazole rings is 1. The minimum Gasteiger partial charge on any atom is -0.370 e. The van der Waals surface area contributed by atoms with E-state index in [1.807, 2.05) is 28.8 Å². The molecule has 2 N–H and O–H groups in total. The molecule has 366 valence electrons. The Morgan fingerprint density at radius 3 is 2.48 bits per heavy atom. The van der Waals surface area contributed by atoms with Gasteiger partial charge in [-0.05, 0) is 78.9 Å². The highest BCUT2D eigenvalue weighted by molar-refractivity contribution is 7.13. The SMILES string of the molecule is Cn1nc(N2CCC(=O)NC2=O)c2cc(F)c(C3CCN(CC(=O)N4CC5(C4)CN(c4ccc(-c6cc(F)c7c(c6)C(=O)N(C(C(=O)Nc6nccs6)c6ncn8c6CCC8)C7)cc4)C5)CC3(F)F)cc21. The van der Waals surface area contributed by atoms with E-state index in [9.17, 15) is 24.0 Å². The second kappa shape index (κ2) is 16.7. The number of likely N-dealkylation sites (tertiary alicyclic amines) is 2. The predicted octanol–water partition coefficient (Wildman–Crippen LogP) is 5.67. The number of aromatic nitrogens is 5. The van der Waals surface area contributed by atoms with E-state index >= 15 is 17.6 Å². The van der Waals surface area contributed by atoms with Crippen molar-refractivity contribution in [2.45, 2.75) is 56.7 Å². The molecule has 0 radical (unpaired) electrons. The molecule has 17 nitrogen and oxygen atoms in total. The summed E-state index contributed by atoms with van der Waals surface area (Å²) >= 11 is 1.25. The van der Waals surface area contributed by atoms with Gasteiger partial charge in [-0.25, -0.2) is 32.3 Å². The van der Waals surface area contributed by atoms with Crippen LogP contribution in [0.15, 0.2) is 66.4 Å². The van der Waals surface area contributed by atoms with Crippen LogP contribution in [0, 0.1) is 17.0 Å². The minimum absolute atomic E-state index is 0.0414.